The fourth-order valence-electron chi connectivity index (χ4n) is 2.11. The van der Waals surface area contributed by atoms with Crippen LogP contribution >= 0.6 is 15.9 Å². The lowest BCUT2D eigenvalue weighted by Gasteiger charge is -2.23. The van der Waals surface area contributed by atoms with E-state index in [0.717, 1.165) is 16.5 Å². The number of carbonyl (C=O) groups is 2. The van der Waals surface area contributed by atoms with Gasteiger partial charge in [-0.25, -0.2) is 0 Å². The Labute approximate surface area is 134 Å². The molecule has 4 nitrogen and oxygen atoms in total. The predicted molar refractivity (Wildman–Crippen MR) is 87.9 cm³/mol. The summed E-state index contributed by atoms with van der Waals surface area (Å²) in [4.78, 5) is 23.4. The first kappa shape index (κ1) is 17.7. The van der Waals surface area contributed by atoms with Gasteiger partial charge in [-0.1, -0.05) is 41.9 Å². The topological polar surface area (TPSA) is 58.2 Å². The molecule has 0 aliphatic rings. The standard InChI is InChI=1S/C16H23BrN2O2/c1-10(2)15(19-12(4)20)16(21)18-11(3)9-13-5-7-14(17)8-6-13/h5-8,10-11,15H,9H2,1-4H3,(H,18,21)(H,19,20)/t11-,15+/m0/s1. The average Bonchev–Trinajstić information content (AvgIpc) is 2.38. The van der Waals surface area contributed by atoms with Crippen molar-refractivity contribution >= 4 is 27.7 Å². The monoisotopic (exact) mass is 354 g/mol. The van der Waals surface area contributed by atoms with Crippen LogP contribution in [0.5, 0.6) is 0 Å². The molecule has 2 N–H and O–H groups in total. The molecule has 21 heavy (non-hydrogen) atoms. The lowest BCUT2D eigenvalue weighted by atomic mass is 10.0. The van der Waals surface area contributed by atoms with E-state index in [1.165, 1.54) is 6.92 Å². The summed E-state index contributed by atoms with van der Waals surface area (Å²) >= 11 is 3.40. The number of carbonyl (C=O) groups excluding carboxylic acids is 2. The van der Waals surface area contributed by atoms with E-state index >= 15 is 0 Å². The number of amides is 2. The maximum Gasteiger partial charge on any atom is 0.243 e. The Morgan fingerprint density at radius 1 is 1.10 bits per heavy atom. The molecule has 0 fully saturated rings. The van der Waals surface area contributed by atoms with Crippen molar-refractivity contribution in [1.82, 2.24) is 10.6 Å². The van der Waals surface area contributed by atoms with Gasteiger partial charge in [-0.05, 0) is 37.0 Å². The van der Waals surface area contributed by atoms with Crippen molar-refractivity contribution in [3.05, 3.63) is 34.3 Å². The van der Waals surface area contributed by atoms with Crippen molar-refractivity contribution < 1.29 is 9.59 Å². The van der Waals surface area contributed by atoms with Crippen LogP contribution in [0.25, 0.3) is 0 Å². The van der Waals surface area contributed by atoms with Crippen LogP contribution in [0.2, 0.25) is 0 Å². The second-order valence-corrected chi connectivity index (χ2v) is 6.58. The predicted octanol–water partition coefficient (Wildman–Crippen LogP) is 2.66. The fourth-order valence-corrected chi connectivity index (χ4v) is 2.38. The minimum Gasteiger partial charge on any atom is -0.352 e. The molecule has 0 unspecified atom stereocenters. The van der Waals surface area contributed by atoms with E-state index in [0.29, 0.717) is 0 Å². The number of hydrogen-bond donors (Lipinski definition) is 2. The number of rotatable bonds is 6. The summed E-state index contributed by atoms with van der Waals surface area (Å²) < 4.78 is 1.04. The van der Waals surface area contributed by atoms with Gasteiger partial charge in [0.25, 0.3) is 0 Å². The zero-order valence-corrected chi connectivity index (χ0v) is 14.5. The Morgan fingerprint density at radius 3 is 2.14 bits per heavy atom. The summed E-state index contributed by atoms with van der Waals surface area (Å²) in [5.41, 5.74) is 1.16. The Kier molecular flexibility index (Phi) is 6.89. The minimum atomic E-state index is -0.491. The quantitative estimate of drug-likeness (QED) is 0.824. The second-order valence-electron chi connectivity index (χ2n) is 5.66. The smallest absolute Gasteiger partial charge is 0.243 e. The van der Waals surface area contributed by atoms with Crippen LogP contribution in [0.1, 0.15) is 33.3 Å². The molecule has 0 aliphatic carbocycles. The summed E-state index contributed by atoms with van der Waals surface area (Å²) in [7, 11) is 0. The van der Waals surface area contributed by atoms with Crippen molar-refractivity contribution in [3.63, 3.8) is 0 Å². The molecule has 2 amide bonds. The van der Waals surface area contributed by atoms with Crippen LogP contribution in [-0.4, -0.2) is 23.9 Å². The largest absolute Gasteiger partial charge is 0.352 e. The Hall–Kier alpha value is -1.36. The van der Waals surface area contributed by atoms with E-state index < -0.39 is 6.04 Å². The average molecular weight is 355 g/mol. The van der Waals surface area contributed by atoms with Crippen LogP contribution in [0.3, 0.4) is 0 Å². The Bertz CT molecular complexity index is 486. The SMILES string of the molecule is CC(=O)N[C@@H](C(=O)N[C@@H](C)Cc1ccc(Br)cc1)C(C)C. The molecule has 0 saturated carbocycles. The van der Waals surface area contributed by atoms with Gasteiger partial charge in [0.1, 0.15) is 6.04 Å². The first-order valence-corrected chi connectivity index (χ1v) is 7.90. The third-order valence-corrected chi connectivity index (χ3v) is 3.68. The molecular formula is C16H23BrN2O2. The molecule has 1 rings (SSSR count). The highest BCUT2D eigenvalue weighted by Gasteiger charge is 2.23. The van der Waals surface area contributed by atoms with Gasteiger partial charge in [0.05, 0.1) is 0 Å². The second kappa shape index (κ2) is 8.17. The number of benzene rings is 1. The summed E-state index contributed by atoms with van der Waals surface area (Å²) in [6, 6.07) is 7.54. The Balaban J connectivity index is 2.59. The highest BCUT2D eigenvalue weighted by molar-refractivity contribution is 9.10. The molecule has 1 aromatic carbocycles. The van der Waals surface area contributed by atoms with E-state index in [4.69, 9.17) is 0 Å². The summed E-state index contributed by atoms with van der Waals surface area (Å²) in [5.74, 6) is -0.275. The van der Waals surface area contributed by atoms with Gasteiger partial charge in [0.2, 0.25) is 11.8 Å². The normalized spacial score (nSPS) is 13.6. The van der Waals surface area contributed by atoms with Gasteiger partial charge >= 0.3 is 0 Å². The summed E-state index contributed by atoms with van der Waals surface area (Å²) in [6.45, 7) is 7.22. The first-order chi connectivity index (χ1) is 9.79. The van der Waals surface area contributed by atoms with Gasteiger partial charge in [0, 0.05) is 17.4 Å². The number of halogens is 1. The van der Waals surface area contributed by atoms with Crippen molar-refractivity contribution in [2.45, 2.75) is 46.2 Å². The molecule has 0 radical (unpaired) electrons. The molecule has 0 aliphatic heterocycles. The number of hydrogen-bond acceptors (Lipinski definition) is 2. The lowest BCUT2D eigenvalue weighted by molar-refractivity contribution is -0.129. The van der Waals surface area contributed by atoms with Crippen molar-refractivity contribution in [1.29, 1.82) is 0 Å². The number of nitrogens with one attached hydrogen (secondary N) is 2. The maximum atomic E-state index is 12.2. The molecule has 5 heteroatoms. The molecule has 0 heterocycles. The molecule has 0 aromatic heterocycles. The molecule has 1 aromatic rings. The van der Waals surface area contributed by atoms with Gasteiger partial charge in [-0.3, -0.25) is 9.59 Å². The summed E-state index contributed by atoms with van der Waals surface area (Å²) in [5, 5.41) is 5.66. The molecule has 116 valence electrons. The molecular weight excluding hydrogens is 332 g/mol. The van der Waals surface area contributed by atoms with Crippen LogP contribution < -0.4 is 10.6 Å². The third kappa shape index (κ3) is 6.29. The van der Waals surface area contributed by atoms with E-state index in [1.807, 2.05) is 45.0 Å². The highest BCUT2D eigenvalue weighted by atomic mass is 79.9. The minimum absolute atomic E-state index is 0.00804. The van der Waals surface area contributed by atoms with Crippen LogP contribution in [-0.2, 0) is 16.0 Å². The first-order valence-electron chi connectivity index (χ1n) is 7.11. The van der Waals surface area contributed by atoms with Gasteiger partial charge in [-0.2, -0.15) is 0 Å². The lowest BCUT2D eigenvalue weighted by Crippen LogP contribution is -2.51. The Morgan fingerprint density at radius 2 is 1.67 bits per heavy atom. The fraction of sp³-hybridized carbons (Fsp3) is 0.500. The van der Waals surface area contributed by atoms with Crippen molar-refractivity contribution in [2.24, 2.45) is 5.92 Å². The molecule has 0 spiro atoms. The van der Waals surface area contributed by atoms with Gasteiger partial charge < -0.3 is 10.6 Å². The van der Waals surface area contributed by atoms with Crippen molar-refractivity contribution in [3.8, 4) is 0 Å². The zero-order chi connectivity index (χ0) is 16.0. The molecule has 0 bridgehead atoms. The van der Waals surface area contributed by atoms with Gasteiger partial charge in [0.15, 0.2) is 0 Å². The van der Waals surface area contributed by atoms with E-state index in [9.17, 15) is 9.59 Å². The molecule has 2 atom stereocenters. The zero-order valence-electron chi connectivity index (χ0n) is 12.9. The van der Waals surface area contributed by atoms with Crippen LogP contribution in [0, 0.1) is 5.92 Å². The summed E-state index contributed by atoms with van der Waals surface area (Å²) in [6.07, 6.45) is 0.754. The highest BCUT2D eigenvalue weighted by Crippen LogP contribution is 2.12. The van der Waals surface area contributed by atoms with E-state index in [-0.39, 0.29) is 23.8 Å². The third-order valence-electron chi connectivity index (χ3n) is 3.15. The van der Waals surface area contributed by atoms with E-state index in [1.54, 1.807) is 0 Å². The maximum absolute atomic E-state index is 12.2. The van der Waals surface area contributed by atoms with E-state index in [2.05, 4.69) is 26.6 Å². The van der Waals surface area contributed by atoms with Crippen LogP contribution in [0.15, 0.2) is 28.7 Å². The van der Waals surface area contributed by atoms with Gasteiger partial charge in [-0.15, -0.1) is 0 Å². The van der Waals surface area contributed by atoms with Crippen molar-refractivity contribution in [2.75, 3.05) is 0 Å². The molecule has 0 saturated heterocycles. The van der Waals surface area contributed by atoms with Crippen LogP contribution in [0.4, 0.5) is 0 Å².